The van der Waals surface area contributed by atoms with Crippen LogP contribution in [-0.2, 0) is 22.5 Å². The first-order chi connectivity index (χ1) is 12.6. The van der Waals surface area contributed by atoms with Crippen LogP contribution in [0.2, 0.25) is 0 Å². The molecule has 152 valence electrons. The Hall–Kier alpha value is -1.50. The number of ether oxygens (including phenoxy) is 3. The number of fused-ring (bicyclic) bond motifs is 1. The summed E-state index contributed by atoms with van der Waals surface area (Å²) < 4.78 is 16.9. The van der Waals surface area contributed by atoms with Gasteiger partial charge in [-0.25, -0.2) is 0 Å². The third-order valence-electron chi connectivity index (χ3n) is 5.46. The molecule has 0 aromatic heterocycles. The molecule has 3 rings (SSSR count). The zero-order chi connectivity index (χ0) is 18.6. The van der Waals surface area contributed by atoms with Crippen LogP contribution < -0.4 is 15.2 Å². The lowest BCUT2D eigenvalue weighted by molar-refractivity contribution is -0.148. The normalized spacial score (nSPS) is 18.3. The van der Waals surface area contributed by atoms with Crippen molar-refractivity contribution >= 4 is 18.3 Å². The second kappa shape index (κ2) is 9.62. The van der Waals surface area contributed by atoms with Crippen LogP contribution in [0.25, 0.3) is 0 Å². The fourth-order valence-electron chi connectivity index (χ4n) is 3.88. The smallest absolute Gasteiger partial charge is 0.230 e. The van der Waals surface area contributed by atoms with Crippen molar-refractivity contribution in [2.24, 2.45) is 11.1 Å². The van der Waals surface area contributed by atoms with E-state index in [4.69, 9.17) is 19.9 Å². The number of halogens is 1. The number of hydrogen-bond donors (Lipinski definition) is 1. The third-order valence-corrected chi connectivity index (χ3v) is 5.46. The van der Waals surface area contributed by atoms with Crippen molar-refractivity contribution in [3.05, 3.63) is 23.3 Å². The van der Waals surface area contributed by atoms with Gasteiger partial charge in [0.15, 0.2) is 11.5 Å². The summed E-state index contributed by atoms with van der Waals surface area (Å²) in [6.07, 6.45) is 2.24. The Balaban J connectivity index is 0.00000261. The number of rotatable bonds is 6. The molecule has 2 aliphatic heterocycles. The summed E-state index contributed by atoms with van der Waals surface area (Å²) in [5, 5.41) is 0. The molecule has 0 atom stereocenters. The maximum atomic E-state index is 13.2. The van der Waals surface area contributed by atoms with Gasteiger partial charge in [-0.2, -0.15) is 0 Å². The number of carbonyl (C=O) groups excluding carboxylic acids is 1. The molecule has 0 bridgehead atoms. The van der Waals surface area contributed by atoms with Crippen molar-refractivity contribution < 1.29 is 19.0 Å². The quantitative estimate of drug-likeness (QED) is 0.797. The summed E-state index contributed by atoms with van der Waals surface area (Å²) in [4.78, 5) is 15.2. The second-order valence-corrected chi connectivity index (χ2v) is 7.01. The van der Waals surface area contributed by atoms with Crippen LogP contribution in [0.15, 0.2) is 12.1 Å². The van der Waals surface area contributed by atoms with E-state index in [1.165, 1.54) is 5.56 Å². The zero-order valence-electron chi connectivity index (χ0n) is 16.3. The van der Waals surface area contributed by atoms with E-state index in [1.54, 1.807) is 0 Å². The van der Waals surface area contributed by atoms with E-state index in [0.29, 0.717) is 58.9 Å². The average molecular weight is 399 g/mol. The highest BCUT2D eigenvalue weighted by Gasteiger charge is 2.42. The van der Waals surface area contributed by atoms with Gasteiger partial charge in [0.1, 0.15) is 0 Å². The van der Waals surface area contributed by atoms with E-state index in [0.717, 1.165) is 23.5 Å². The largest absolute Gasteiger partial charge is 0.490 e. The van der Waals surface area contributed by atoms with Gasteiger partial charge in [0, 0.05) is 32.8 Å². The highest BCUT2D eigenvalue weighted by molar-refractivity contribution is 5.85. The molecule has 2 N–H and O–H groups in total. The van der Waals surface area contributed by atoms with Crippen molar-refractivity contribution in [2.75, 3.05) is 39.5 Å². The number of amides is 1. The molecule has 27 heavy (non-hydrogen) atoms. The first kappa shape index (κ1) is 21.8. The van der Waals surface area contributed by atoms with Gasteiger partial charge in [0.05, 0.1) is 18.6 Å². The summed E-state index contributed by atoms with van der Waals surface area (Å²) in [7, 11) is 0. The third kappa shape index (κ3) is 4.50. The number of hydrogen-bond acceptors (Lipinski definition) is 5. The van der Waals surface area contributed by atoms with Crippen molar-refractivity contribution in [1.82, 2.24) is 4.90 Å². The van der Waals surface area contributed by atoms with Gasteiger partial charge in [-0.3, -0.25) is 4.79 Å². The average Bonchev–Trinajstić information content (AvgIpc) is 2.68. The number of nitrogens with two attached hydrogens (primary N) is 1. The van der Waals surface area contributed by atoms with Crippen molar-refractivity contribution in [2.45, 2.75) is 39.7 Å². The molecule has 0 unspecified atom stereocenters. The monoisotopic (exact) mass is 398 g/mol. The molecule has 0 radical (unpaired) electrons. The van der Waals surface area contributed by atoms with E-state index >= 15 is 0 Å². The molecule has 7 heteroatoms. The van der Waals surface area contributed by atoms with E-state index in [1.807, 2.05) is 24.8 Å². The SMILES string of the molecule is CCOc1cc2c(cc1OCC)CN(C(=O)C1(CN)CCOCC1)CC2.Cl. The van der Waals surface area contributed by atoms with Crippen LogP contribution in [0.3, 0.4) is 0 Å². The van der Waals surface area contributed by atoms with Gasteiger partial charge in [-0.05, 0) is 56.4 Å². The first-order valence-corrected chi connectivity index (χ1v) is 9.62. The Kier molecular flexibility index (Phi) is 7.77. The van der Waals surface area contributed by atoms with Gasteiger partial charge < -0.3 is 24.8 Å². The van der Waals surface area contributed by atoms with Crippen LogP contribution in [0.4, 0.5) is 0 Å². The molecular weight excluding hydrogens is 368 g/mol. The van der Waals surface area contributed by atoms with Crippen LogP contribution in [0.1, 0.15) is 37.8 Å². The standard InChI is InChI=1S/C20H30N2O4.ClH/c1-3-25-17-11-15-5-8-22(13-16(15)12-18(17)26-4-2)19(23)20(14-21)6-9-24-10-7-20;/h11-12H,3-10,13-14,21H2,1-2H3;1H. The number of benzene rings is 1. The highest BCUT2D eigenvalue weighted by Crippen LogP contribution is 2.37. The minimum atomic E-state index is -0.468. The van der Waals surface area contributed by atoms with Crippen molar-refractivity contribution in [3.63, 3.8) is 0 Å². The predicted molar refractivity (Wildman–Crippen MR) is 107 cm³/mol. The molecule has 1 saturated heterocycles. The highest BCUT2D eigenvalue weighted by atomic mass is 35.5. The van der Waals surface area contributed by atoms with E-state index in [-0.39, 0.29) is 18.3 Å². The van der Waals surface area contributed by atoms with Gasteiger partial charge in [-0.15, -0.1) is 12.4 Å². The first-order valence-electron chi connectivity index (χ1n) is 9.62. The van der Waals surface area contributed by atoms with Crippen LogP contribution in [0.5, 0.6) is 11.5 Å². The van der Waals surface area contributed by atoms with Gasteiger partial charge >= 0.3 is 0 Å². The number of nitrogens with zero attached hydrogens (tertiary/aromatic N) is 1. The Morgan fingerprint density at radius 3 is 2.30 bits per heavy atom. The Bertz CT molecular complexity index is 647. The molecule has 0 aliphatic carbocycles. The Morgan fingerprint density at radius 2 is 1.74 bits per heavy atom. The Labute approximate surface area is 167 Å². The number of carbonyl (C=O) groups is 1. The predicted octanol–water partition coefficient (Wildman–Crippen LogP) is 2.55. The second-order valence-electron chi connectivity index (χ2n) is 7.01. The van der Waals surface area contributed by atoms with E-state index in [9.17, 15) is 4.79 Å². The van der Waals surface area contributed by atoms with Gasteiger partial charge in [0.25, 0.3) is 0 Å². The molecule has 1 aromatic rings. The molecular formula is C20H31ClN2O4. The summed E-state index contributed by atoms with van der Waals surface area (Å²) >= 11 is 0. The summed E-state index contributed by atoms with van der Waals surface area (Å²) in [6, 6.07) is 4.10. The lowest BCUT2D eigenvalue weighted by Gasteiger charge is -2.40. The minimum absolute atomic E-state index is 0. The van der Waals surface area contributed by atoms with Gasteiger partial charge in [-0.1, -0.05) is 0 Å². The molecule has 0 saturated carbocycles. The van der Waals surface area contributed by atoms with Crippen LogP contribution in [0, 0.1) is 5.41 Å². The molecule has 1 fully saturated rings. The topological polar surface area (TPSA) is 74.0 Å². The maximum Gasteiger partial charge on any atom is 0.230 e. The summed E-state index contributed by atoms with van der Waals surface area (Å²) in [5.74, 6) is 1.71. The van der Waals surface area contributed by atoms with Crippen molar-refractivity contribution in [1.29, 1.82) is 0 Å². The molecule has 6 nitrogen and oxygen atoms in total. The summed E-state index contributed by atoms with van der Waals surface area (Å²) in [6.45, 7) is 8.03. The lowest BCUT2D eigenvalue weighted by Crippen LogP contribution is -2.51. The maximum absolute atomic E-state index is 13.2. The molecule has 0 spiro atoms. The molecule has 1 amide bonds. The fourth-order valence-corrected chi connectivity index (χ4v) is 3.88. The van der Waals surface area contributed by atoms with Crippen molar-refractivity contribution in [3.8, 4) is 11.5 Å². The fraction of sp³-hybridized carbons (Fsp3) is 0.650. The lowest BCUT2D eigenvalue weighted by atomic mass is 9.78. The molecule has 2 aliphatic rings. The summed E-state index contributed by atoms with van der Waals surface area (Å²) in [5.41, 5.74) is 7.92. The molecule has 2 heterocycles. The van der Waals surface area contributed by atoms with E-state index in [2.05, 4.69) is 6.07 Å². The zero-order valence-corrected chi connectivity index (χ0v) is 17.1. The minimum Gasteiger partial charge on any atom is -0.490 e. The molecule has 1 aromatic carbocycles. The van der Waals surface area contributed by atoms with E-state index < -0.39 is 5.41 Å². The Morgan fingerprint density at radius 1 is 1.15 bits per heavy atom. The van der Waals surface area contributed by atoms with Crippen LogP contribution >= 0.6 is 12.4 Å². The van der Waals surface area contributed by atoms with Crippen LogP contribution in [-0.4, -0.2) is 50.3 Å². The van der Waals surface area contributed by atoms with Gasteiger partial charge in [0.2, 0.25) is 5.91 Å².